The highest BCUT2D eigenvalue weighted by molar-refractivity contribution is 7.89. The van der Waals surface area contributed by atoms with Gasteiger partial charge in [-0.15, -0.1) is 0 Å². The molecule has 0 amide bonds. The van der Waals surface area contributed by atoms with Crippen LogP contribution in [0.2, 0.25) is 5.15 Å². The number of halogens is 1. The molecule has 1 rings (SSSR count). The van der Waals surface area contributed by atoms with E-state index in [1.54, 1.807) is 6.92 Å². The number of aliphatic hydroxyl groups excluding tert-OH is 1. The van der Waals surface area contributed by atoms with Gasteiger partial charge in [0, 0.05) is 12.2 Å². The van der Waals surface area contributed by atoms with E-state index in [4.69, 9.17) is 11.6 Å². The number of sulfonamides is 1. The molecule has 2 N–H and O–H groups in total. The third-order valence-corrected chi connectivity index (χ3v) is 4.48. The first kappa shape index (κ1) is 16.4. The fourth-order valence-electron chi connectivity index (χ4n) is 1.70. The van der Waals surface area contributed by atoms with Gasteiger partial charge in [0.05, 0.1) is 6.61 Å². The molecule has 0 aliphatic rings. The minimum Gasteiger partial charge on any atom is -0.395 e. The second-order valence-electron chi connectivity index (χ2n) is 4.91. The van der Waals surface area contributed by atoms with Gasteiger partial charge in [-0.25, -0.2) is 18.1 Å². The lowest BCUT2D eigenvalue weighted by Crippen LogP contribution is -2.38. The second kappa shape index (κ2) is 6.65. The van der Waals surface area contributed by atoms with Crippen molar-refractivity contribution in [3.8, 4) is 0 Å². The molecule has 1 aromatic rings. The molecule has 19 heavy (non-hydrogen) atoms. The summed E-state index contributed by atoms with van der Waals surface area (Å²) < 4.78 is 26.8. The molecule has 0 bridgehead atoms. The van der Waals surface area contributed by atoms with Gasteiger partial charge in [-0.2, -0.15) is 0 Å². The maximum atomic E-state index is 12.1. The highest BCUT2D eigenvalue weighted by Crippen LogP contribution is 2.17. The van der Waals surface area contributed by atoms with E-state index in [1.807, 2.05) is 13.8 Å². The van der Waals surface area contributed by atoms with Gasteiger partial charge in [-0.05, 0) is 30.9 Å². The summed E-state index contributed by atoms with van der Waals surface area (Å²) in [5, 5.41) is 9.50. The lowest BCUT2D eigenvalue weighted by atomic mass is 10.1. The Labute approximate surface area is 119 Å². The van der Waals surface area contributed by atoms with Crippen LogP contribution in [-0.4, -0.2) is 31.2 Å². The first-order valence-electron chi connectivity index (χ1n) is 6.01. The number of hydrogen-bond acceptors (Lipinski definition) is 4. The van der Waals surface area contributed by atoms with Gasteiger partial charge in [-0.1, -0.05) is 25.4 Å². The number of hydrogen-bond donors (Lipinski definition) is 2. The smallest absolute Gasteiger partial charge is 0.242 e. The fourth-order valence-corrected chi connectivity index (χ4v) is 3.07. The zero-order chi connectivity index (χ0) is 14.6. The summed E-state index contributed by atoms with van der Waals surface area (Å²) in [6.45, 7) is 5.37. The molecule has 0 spiro atoms. The zero-order valence-electron chi connectivity index (χ0n) is 11.2. The molecule has 1 unspecified atom stereocenters. The van der Waals surface area contributed by atoms with Crippen LogP contribution in [0.5, 0.6) is 0 Å². The van der Waals surface area contributed by atoms with Crippen molar-refractivity contribution in [3.63, 3.8) is 0 Å². The zero-order valence-corrected chi connectivity index (χ0v) is 12.8. The van der Waals surface area contributed by atoms with Crippen LogP contribution in [0.4, 0.5) is 0 Å². The topological polar surface area (TPSA) is 79.3 Å². The molecule has 0 saturated heterocycles. The van der Waals surface area contributed by atoms with Gasteiger partial charge in [0.15, 0.2) is 0 Å². The van der Waals surface area contributed by atoms with Gasteiger partial charge in [0.1, 0.15) is 10.0 Å². The Hall–Kier alpha value is -0.690. The number of nitrogens with one attached hydrogen (secondary N) is 1. The molecule has 5 nitrogen and oxygen atoms in total. The molecule has 0 aliphatic carbocycles. The van der Waals surface area contributed by atoms with Crippen LogP contribution in [0.25, 0.3) is 0 Å². The maximum absolute atomic E-state index is 12.1. The van der Waals surface area contributed by atoms with Crippen molar-refractivity contribution in [3.05, 3.63) is 23.0 Å². The average Bonchev–Trinajstić information content (AvgIpc) is 2.30. The first-order valence-corrected chi connectivity index (χ1v) is 7.87. The fraction of sp³-hybridized carbons (Fsp3) is 0.583. The van der Waals surface area contributed by atoms with E-state index in [0.29, 0.717) is 12.0 Å². The van der Waals surface area contributed by atoms with Crippen LogP contribution in [0, 0.1) is 12.8 Å². The molecule has 0 radical (unpaired) electrons. The van der Waals surface area contributed by atoms with Gasteiger partial charge < -0.3 is 5.11 Å². The number of aromatic nitrogens is 1. The summed E-state index contributed by atoms with van der Waals surface area (Å²) in [6, 6.07) is 0.961. The van der Waals surface area contributed by atoms with Crippen LogP contribution in [-0.2, 0) is 10.0 Å². The van der Waals surface area contributed by atoms with Crippen molar-refractivity contribution in [1.29, 1.82) is 0 Å². The Morgan fingerprint density at radius 1 is 1.47 bits per heavy atom. The van der Waals surface area contributed by atoms with Gasteiger partial charge in [0.2, 0.25) is 10.0 Å². The van der Waals surface area contributed by atoms with E-state index >= 15 is 0 Å². The normalized spacial score (nSPS) is 13.8. The first-order chi connectivity index (χ1) is 8.76. The predicted molar refractivity (Wildman–Crippen MR) is 74.6 cm³/mol. The summed E-state index contributed by atoms with van der Waals surface area (Å²) in [5.41, 5.74) is 0.592. The van der Waals surface area contributed by atoms with Crippen molar-refractivity contribution in [1.82, 2.24) is 9.71 Å². The van der Waals surface area contributed by atoms with Crippen molar-refractivity contribution >= 4 is 21.6 Å². The largest absolute Gasteiger partial charge is 0.395 e. The second-order valence-corrected chi connectivity index (χ2v) is 6.98. The minimum atomic E-state index is -3.69. The van der Waals surface area contributed by atoms with Crippen molar-refractivity contribution in [2.75, 3.05) is 6.61 Å². The molecule has 1 aromatic heterocycles. The van der Waals surface area contributed by atoms with Gasteiger partial charge in [-0.3, -0.25) is 0 Å². The SMILES string of the molecule is Cc1cc(S(=O)(=O)NC(CO)CC(C)C)cnc1Cl. The van der Waals surface area contributed by atoms with E-state index in [-0.39, 0.29) is 22.6 Å². The third-order valence-electron chi connectivity index (χ3n) is 2.60. The van der Waals surface area contributed by atoms with Crippen LogP contribution < -0.4 is 4.72 Å². The summed E-state index contributed by atoms with van der Waals surface area (Å²) in [7, 11) is -3.69. The molecule has 1 atom stereocenters. The summed E-state index contributed by atoms with van der Waals surface area (Å²) >= 11 is 5.77. The summed E-state index contributed by atoms with van der Waals surface area (Å²) in [6.07, 6.45) is 1.78. The van der Waals surface area contributed by atoms with Crippen molar-refractivity contribution in [2.45, 2.75) is 38.1 Å². The Morgan fingerprint density at radius 2 is 2.11 bits per heavy atom. The van der Waals surface area contributed by atoms with Crippen LogP contribution in [0.1, 0.15) is 25.8 Å². The average molecular weight is 307 g/mol. The monoisotopic (exact) mass is 306 g/mol. The number of aryl methyl sites for hydroxylation is 1. The van der Waals surface area contributed by atoms with Crippen molar-refractivity contribution in [2.24, 2.45) is 5.92 Å². The Morgan fingerprint density at radius 3 is 2.58 bits per heavy atom. The predicted octanol–water partition coefficient (Wildman–Crippen LogP) is 1.73. The molecule has 1 heterocycles. The Balaban J connectivity index is 2.93. The van der Waals surface area contributed by atoms with E-state index in [1.165, 1.54) is 12.3 Å². The molecule has 0 aliphatic heterocycles. The van der Waals surface area contributed by atoms with E-state index < -0.39 is 16.1 Å². The Bertz CT molecular complexity index is 532. The van der Waals surface area contributed by atoms with E-state index in [2.05, 4.69) is 9.71 Å². The molecular weight excluding hydrogens is 288 g/mol. The molecular formula is C12H19ClN2O3S. The van der Waals surface area contributed by atoms with E-state index in [0.717, 1.165) is 0 Å². The minimum absolute atomic E-state index is 0.0524. The highest BCUT2D eigenvalue weighted by Gasteiger charge is 2.21. The van der Waals surface area contributed by atoms with Crippen LogP contribution >= 0.6 is 11.6 Å². The molecule has 108 valence electrons. The number of rotatable bonds is 6. The maximum Gasteiger partial charge on any atom is 0.242 e. The number of aliphatic hydroxyl groups is 1. The molecule has 7 heteroatoms. The number of nitrogens with zero attached hydrogens (tertiary/aromatic N) is 1. The molecule has 0 saturated carbocycles. The lowest BCUT2D eigenvalue weighted by molar-refractivity contribution is 0.240. The lowest BCUT2D eigenvalue weighted by Gasteiger charge is -2.18. The summed E-state index contributed by atoms with van der Waals surface area (Å²) in [4.78, 5) is 3.88. The van der Waals surface area contributed by atoms with Gasteiger partial charge >= 0.3 is 0 Å². The highest BCUT2D eigenvalue weighted by atomic mass is 35.5. The quantitative estimate of drug-likeness (QED) is 0.785. The number of pyridine rings is 1. The Kier molecular flexibility index (Phi) is 5.73. The van der Waals surface area contributed by atoms with E-state index in [9.17, 15) is 13.5 Å². The van der Waals surface area contributed by atoms with Crippen LogP contribution in [0.15, 0.2) is 17.2 Å². The van der Waals surface area contributed by atoms with Gasteiger partial charge in [0.25, 0.3) is 0 Å². The summed E-state index contributed by atoms with van der Waals surface area (Å²) in [5.74, 6) is 0.282. The molecule has 0 fully saturated rings. The van der Waals surface area contributed by atoms with Crippen molar-refractivity contribution < 1.29 is 13.5 Å². The third kappa shape index (κ3) is 4.72. The van der Waals surface area contributed by atoms with Crippen LogP contribution in [0.3, 0.4) is 0 Å². The standard InChI is InChI=1S/C12H19ClN2O3S/c1-8(2)4-10(7-16)15-19(17,18)11-5-9(3)12(13)14-6-11/h5-6,8,10,15-16H,4,7H2,1-3H3. The molecule has 0 aromatic carbocycles.